The first-order valence-corrected chi connectivity index (χ1v) is 6.82. The number of anilines is 1. The van der Waals surface area contributed by atoms with E-state index in [1.54, 1.807) is 0 Å². The Morgan fingerprint density at radius 2 is 2.25 bits per heavy atom. The van der Waals surface area contributed by atoms with E-state index in [9.17, 15) is 9.18 Å². The van der Waals surface area contributed by atoms with E-state index < -0.39 is 5.82 Å². The zero-order valence-electron chi connectivity index (χ0n) is 12.2. The summed E-state index contributed by atoms with van der Waals surface area (Å²) in [5.41, 5.74) is 0.195. The maximum Gasteiger partial charge on any atom is 0.258 e. The standard InChI is InChI=1S/C14H22FN3O2/c1-4-5-16-13-12(8-11(15)9-17-13)14(20)18(6-7-19)10(2)3/h8-10,19H,4-7H2,1-3H3,(H,16,17). The van der Waals surface area contributed by atoms with Crippen molar-refractivity contribution in [3.63, 3.8) is 0 Å². The molecule has 0 fully saturated rings. The van der Waals surface area contributed by atoms with Gasteiger partial charge in [-0.15, -0.1) is 0 Å². The van der Waals surface area contributed by atoms with Crippen molar-refractivity contribution in [1.82, 2.24) is 9.88 Å². The highest BCUT2D eigenvalue weighted by atomic mass is 19.1. The van der Waals surface area contributed by atoms with Crippen LogP contribution in [-0.2, 0) is 0 Å². The summed E-state index contributed by atoms with van der Waals surface area (Å²) >= 11 is 0. The summed E-state index contributed by atoms with van der Waals surface area (Å²) in [5.74, 6) is -0.510. The summed E-state index contributed by atoms with van der Waals surface area (Å²) in [5, 5.41) is 12.1. The molecule has 0 aliphatic heterocycles. The second-order valence-electron chi connectivity index (χ2n) is 4.79. The third-order valence-electron chi connectivity index (χ3n) is 2.85. The highest BCUT2D eigenvalue weighted by Crippen LogP contribution is 2.17. The van der Waals surface area contributed by atoms with Gasteiger partial charge in [0, 0.05) is 19.1 Å². The lowest BCUT2D eigenvalue weighted by Gasteiger charge is -2.26. The normalized spacial score (nSPS) is 10.7. The minimum atomic E-state index is -0.553. The highest BCUT2D eigenvalue weighted by Gasteiger charge is 2.22. The first-order chi connectivity index (χ1) is 9.51. The molecule has 112 valence electrons. The van der Waals surface area contributed by atoms with Gasteiger partial charge in [0.05, 0.1) is 18.4 Å². The lowest BCUT2D eigenvalue weighted by atomic mass is 10.2. The Morgan fingerprint density at radius 3 is 2.80 bits per heavy atom. The van der Waals surface area contributed by atoms with E-state index in [-0.39, 0.29) is 30.7 Å². The lowest BCUT2D eigenvalue weighted by Crippen LogP contribution is -2.39. The quantitative estimate of drug-likeness (QED) is 0.802. The number of pyridine rings is 1. The van der Waals surface area contributed by atoms with Crippen LogP contribution in [0.25, 0.3) is 0 Å². The van der Waals surface area contributed by atoms with Crippen molar-refractivity contribution in [3.05, 3.63) is 23.6 Å². The maximum absolute atomic E-state index is 13.4. The Kier molecular flexibility index (Phi) is 6.38. The predicted octanol–water partition coefficient (Wildman–Crippen LogP) is 1.89. The second-order valence-corrected chi connectivity index (χ2v) is 4.79. The van der Waals surface area contributed by atoms with Crippen LogP contribution in [0.2, 0.25) is 0 Å². The van der Waals surface area contributed by atoms with Crippen molar-refractivity contribution in [1.29, 1.82) is 0 Å². The fraction of sp³-hybridized carbons (Fsp3) is 0.571. The van der Waals surface area contributed by atoms with Crippen LogP contribution in [-0.4, -0.2) is 46.6 Å². The molecular formula is C14H22FN3O2. The third-order valence-corrected chi connectivity index (χ3v) is 2.85. The van der Waals surface area contributed by atoms with Gasteiger partial charge in [-0.25, -0.2) is 9.37 Å². The number of aromatic nitrogens is 1. The zero-order valence-corrected chi connectivity index (χ0v) is 12.2. The molecule has 5 nitrogen and oxygen atoms in total. The molecule has 6 heteroatoms. The van der Waals surface area contributed by atoms with Crippen LogP contribution in [0.5, 0.6) is 0 Å². The van der Waals surface area contributed by atoms with E-state index in [0.717, 1.165) is 12.6 Å². The molecule has 0 aromatic carbocycles. The topological polar surface area (TPSA) is 65.5 Å². The number of nitrogens with zero attached hydrogens (tertiary/aromatic N) is 2. The van der Waals surface area contributed by atoms with E-state index in [4.69, 9.17) is 5.11 Å². The van der Waals surface area contributed by atoms with Crippen molar-refractivity contribution >= 4 is 11.7 Å². The molecule has 0 aliphatic rings. The van der Waals surface area contributed by atoms with Gasteiger partial charge in [0.25, 0.3) is 5.91 Å². The number of aliphatic hydroxyl groups excluding tert-OH is 1. The van der Waals surface area contributed by atoms with Crippen LogP contribution >= 0.6 is 0 Å². The van der Waals surface area contributed by atoms with Gasteiger partial charge in [-0.1, -0.05) is 6.92 Å². The highest BCUT2D eigenvalue weighted by molar-refractivity contribution is 5.98. The molecule has 1 rings (SSSR count). The Bertz CT molecular complexity index is 452. The van der Waals surface area contributed by atoms with E-state index in [0.29, 0.717) is 12.4 Å². The van der Waals surface area contributed by atoms with Crippen LogP contribution in [0.1, 0.15) is 37.6 Å². The van der Waals surface area contributed by atoms with Gasteiger partial charge < -0.3 is 15.3 Å². The van der Waals surface area contributed by atoms with Crippen LogP contribution in [0, 0.1) is 5.82 Å². The van der Waals surface area contributed by atoms with E-state index in [2.05, 4.69) is 10.3 Å². The number of hydrogen-bond donors (Lipinski definition) is 2. The minimum Gasteiger partial charge on any atom is -0.395 e. The molecule has 0 saturated heterocycles. The number of amides is 1. The molecule has 0 aliphatic carbocycles. The van der Waals surface area contributed by atoms with Crippen molar-refractivity contribution in [3.8, 4) is 0 Å². The molecule has 1 aromatic rings. The summed E-state index contributed by atoms with van der Waals surface area (Å²) in [4.78, 5) is 17.9. The van der Waals surface area contributed by atoms with E-state index in [1.165, 1.54) is 11.0 Å². The Hall–Kier alpha value is -1.69. The Labute approximate surface area is 118 Å². The van der Waals surface area contributed by atoms with Gasteiger partial charge in [-0.05, 0) is 26.3 Å². The minimum absolute atomic E-state index is 0.0862. The number of nitrogens with one attached hydrogen (secondary N) is 1. The van der Waals surface area contributed by atoms with Crippen molar-refractivity contribution < 1.29 is 14.3 Å². The summed E-state index contributed by atoms with van der Waals surface area (Å²) < 4.78 is 13.4. The molecule has 0 saturated carbocycles. The van der Waals surface area contributed by atoms with Crippen LogP contribution in [0.15, 0.2) is 12.3 Å². The molecule has 20 heavy (non-hydrogen) atoms. The molecule has 0 bridgehead atoms. The van der Waals surface area contributed by atoms with Crippen LogP contribution in [0.4, 0.5) is 10.2 Å². The molecular weight excluding hydrogens is 261 g/mol. The fourth-order valence-electron chi connectivity index (χ4n) is 1.84. The SMILES string of the molecule is CCCNc1ncc(F)cc1C(=O)N(CCO)C(C)C. The number of hydrogen-bond acceptors (Lipinski definition) is 4. The molecule has 0 spiro atoms. The molecule has 0 atom stereocenters. The number of carbonyl (C=O) groups is 1. The average Bonchev–Trinajstić information content (AvgIpc) is 2.42. The summed E-state index contributed by atoms with van der Waals surface area (Å²) in [6, 6.07) is 1.09. The van der Waals surface area contributed by atoms with Crippen LogP contribution in [0.3, 0.4) is 0 Å². The van der Waals surface area contributed by atoms with Gasteiger partial charge in [0.1, 0.15) is 11.6 Å². The maximum atomic E-state index is 13.4. The summed E-state index contributed by atoms with van der Waals surface area (Å²) in [7, 11) is 0. The third kappa shape index (κ3) is 4.16. The molecule has 1 heterocycles. The summed E-state index contributed by atoms with van der Waals surface area (Å²) in [6.45, 7) is 6.41. The van der Waals surface area contributed by atoms with Gasteiger partial charge >= 0.3 is 0 Å². The second kappa shape index (κ2) is 7.79. The molecule has 2 N–H and O–H groups in total. The molecule has 1 aromatic heterocycles. The number of halogens is 1. The van der Waals surface area contributed by atoms with Crippen molar-refractivity contribution in [2.24, 2.45) is 0 Å². The lowest BCUT2D eigenvalue weighted by molar-refractivity contribution is 0.0665. The zero-order chi connectivity index (χ0) is 15.1. The number of rotatable bonds is 7. The molecule has 0 unspecified atom stereocenters. The monoisotopic (exact) mass is 283 g/mol. The number of carbonyl (C=O) groups excluding carboxylic acids is 1. The fourth-order valence-corrected chi connectivity index (χ4v) is 1.84. The average molecular weight is 283 g/mol. The molecule has 0 radical (unpaired) electrons. The van der Waals surface area contributed by atoms with E-state index >= 15 is 0 Å². The van der Waals surface area contributed by atoms with E-state index in [1.807, 2.05) is 20.8 Å². The van der Waals surface area contributed by atoms with Gasteiger partial charge in [0.2, 0.25) is 0 Å². The first-order valence-electron chi connectivity index (χ1n) is 6.82. The number of aliphatic hydroxyl groups is 1. The molecule has 1 amide bonds. The first kappa shape index (κ1) is 16.4. The van der Waals surface area contributed by atoms with Gasteiger partial charge in [0.15, 0.2) is 0 Å². The Morgan fingerprint density at radius 1 is 1.55 bits per heavy atom. The smallest absolute Gasteiger partial charge is 0.258 e. The predicted molar refractivity (Wildman–Crippen MR) is 76.2 cm³/mol. The van der Waals surface area contributed by atoms with Crippen molar-refractivity contribution in [2.45, 2.75) is 33.2 Å². The van der Waals surface area contributed by atoms with Crippen LogP contribution < -0.4 is 5.32 Å². The summed E-state index contributed by atoms with van der Waals surface area (Å²) in [6.07, 6.45) is 1.96. The van der Waals surface area contributed by atoms with Crippen molar-refractivity contribution in [2.75, 3.05) is 25.0 Å². The Balaban J connectivity index is 3.08. The van der Waals surface area contributed by atoms with Gasteiger partial charge in [-0.2, -0.15) is 0 Å². The largest absolute Gasteiger partial charge is 0.395 e. The van der Waals surface area contributed by atoms with Gasteiger partial charge in [-0.3, -0.25) is 4.79 Å².